The molecule has 0 heterocycles. The lowest BCUT2D eigenvalue weighted by atomic mass is 9.85. The molecule has 1 aliphatic carbocycles. The van der Waals surface area contributed by atoms with E-state index in [1.54, 1.807) is 0 Å². The Labute approximate surface area is 102 Å². The summed E-state index contributed by atoms with van der Waals surface area (Å²) < 4.78 is 0. The van der Waals surface area contributed by atoms with E-state index in [-0.39, 0.29) is 6.42 Å². The maximum atomic E-state index is 10.0. The van der Waals surface area contributed by atoms with Gasteiger partial charge in [0.25, 0.3) is 0 Å². The first-order valence-electron chi connectivity index (χ1n) is 6.27. The van der Waals surface area contributed by atoms with Gasteiger partial charge < -0.3 is 15.3 Å². The molecule has 0 amide bonds. The van der Waals surface area contributed by atoms with E-state index in [9.17, 15) is 15.3 Å². The van der Waals surface area contributed by atoms with Crippen LogP contribution in [0.15, 0.2) is 18.2 Å². The lowest BCUT2D eigenvalue weighted by molar-refractivity contribution is -0.0138. The molecule has 1 aliphatic rings. The summed E-state index contributed by atoms with van der Waals surface area (Å²) in [7, 11) is 0. The van der Waals surface area contributed by atoms with Gasteiger partial charge in [-0.05, 0) is 36.0 Å². The summed E-state index contributed by atoms with van der Waals surface area (Å²) in [6.07, 6.45) is 0.583. The SMILES string of the molecule is CCC(O)C(O)CC(O)c1ccc2c(c1)CC2. The third kappa shape index (κ3) is 2.68. The van der Waals surface area contributed by atoms with E-state index in [0.717, 1.165) is 18.4 Å². The van der Waals surface area contributed by atoms with Gasteiger partial charge in [0.2, 0.25) is 0 Å². The number of aliphatic hydroxyl groups excluding tert-OH is 3. The lowest BCUT2D eigenvalue weighted by Crippen LogP contribution is -2.27. The standard InChI is InChI=1S/C14H20O3/c1-2-12(15)14(17)8-13(16)11-6-4-9-3-5-10(9)7-11/h4,6-7,12-17H,2-3,5,8H2,1H3. The number of benzene rings is 1. The molecule has 1 aromatic rings. The molecule has 0 saturated carbocycles. The minimum absolute atomic E-state index is 0.188. The number of hydrogen-bond donors (Lipinski definition) is 3. The van der Waals surface area contributed by atoms with Crippen molar-refractivity contribution in [3.63, 3.8) is 0 Å². The van der Waals surface area contributed by atoms with E-state index in [2.05, 4.69) is 0 Å². The van der Waals surface area contributed by atoms with Crippen molar-refractivity contribution in [2.75, 3.05) is 0 Å². The van der Waals surface area contributed by atoms with E-state index in [0.29, 0.717) is 6.42 Å². The Kier molecular flexibility index (Phi) is 3.82. The van der Waals surface area contributed by atoms with Gasteiger partial charge in [0.1, 0.15) is 0 Å². The Hall–Kier alpha value is -0.900. The molecule has 94 valence electrons. The fraction of sp³-hybridized carbons (Fsp3) is 0.571. The zero-order chi connectivity index (χ0) is 12.4. The highest BCUT2D eigenvalue weighted by Crippen LogP contribution is 2.28. The fourth-order valence-electron chi connectivity index (χ4n) is 2.22. The highest BCUT2D eigenvalue weighted by molar-refractivity contribution is 5.39. The summed E-state index contributed by atoms with van der Waals surface area (Å²) in [5.74, 6) is 0. The smallest absolute Gasteiger partial charge is 0.0827 e. The highest BCUT2D eigenvalue weighted by Gasteiger charge is 2.21. The van der Waals surface area contributed by atoms with Gasteiger partial charge in [-0.15, -0.1) is 0 Å². The van der Waals surface area contributed by atoms with E-state index in [1.807, 2.05) is 25.1 Å². The molecule has 0 bridgehead atoms. The van der Waals surface area contributed by atoms with Crippen LogP contribution in [0.5, 0.6) is 0 Å². The minimum atomic E-state index is -0.860. The summed E-state index contributed by atoms with van der Waals surface area (Å²) in [5, 5.41) is 29.2. The largest absolute Gasteiger partial charge is 0.390 e. The molecule has 0 saturated heterocycles. The van der Waals surface area contributed by atoms with Crippen molar-refractivity contribution in [2.45, 2.75) is 50.9 Å². The van der Waals surface area contributed by atoms with Crippen LogP contribution in [-0.4, -0.2) is 27.5 Å². The van der Waals surface area contributed by atoms with E-state index < -0.39 is 18.3 Å². The van der Waals surface area contributed by atoms with Crippen molar-refractivity contribution in [1.29, 1.82) is 0 Å². The predicted octanol–water partition coefficient (Wildman–Crippen LogP) is 1.34. The normalized spacial score (nSPS) is 19.1. The molecular formula is C14H20O3. The van der Waals surface area contributed by atoms with Crippen LogP contribution in [0.1, 0.15) is 42.6 Å². The van der Waals surface area contributed by atoms with Crippen LogP contribution in [0, 0.1) is 0 Å². The molecule has 0 aromatic heterocycles. The first-order chi connectivity index (χ1) is 8.11. The van der Waals surface area contributed by atoms with Crippen molar-refractivity contribution < 1.29 is 15.3 Å². The molecule has 3 heteroatoms. The number of aliphatic hydroxyl groups is 3. The molecule has 0 radical (unpaired) electrons. The number of aryl methyl sites for hydroxylation is 2. The van der Waals surface area contributed by atoms with E-state index in [4.69, 9.17) is 0 Å². The molecule has 0 aliphatic heterocycles. The maximum Gasteiger partial charge on any atom is 0.0827 e. The lowest BCUT2D eigenvalue weighted by Gasteiger charge is -2.23. The minimum Gasteiger partial charge on any atom is -0.390 e. The Morgan fingerprint density at radius 2 is 1.76 bits per heavy atom. The van der Waals surface area contributed by atoms with Crippen LogP contribution in [0.2, 0.25) is 0 Å². The molecule has 3 atom stereocenters. The average Bonchev–Trinajstić information content (AvgIpc) is 2.29. The van der Waals surface area contributed by atoms with Crippen LogP contribution < -0.4 is 0 Å². The average molecular weight is 236 g/mol. The van der Waals surface area contributed by atoms with Gasteiger partial charge in [-0.2, -0.15) is 0 Å². The third-order valence-corrected chi connectivity index (χ3v) is 3.61. The number of fused-ring (bicyclic) bond motifs is 1. The summed E-state index contributed by atoms with van der Waals surface area (Å²) in [6, 6.07) is 5.96. The first kappa shape index (κ1) is 12.6. The maximum absolute atomic E-state index is 10.0. The van der Waals surface area contributed by atoms with Crippen LogP contribution in [0.25, 0.3) is 0 Å². The van der Waals surface area contributed by atoms with Crippen LogP contribution in [-0.2, 0) is 12.8 Å². The van der Waals surface area contributed by atoms with Gasteiger partial charge in [0.05, 0.1) is 18.3 Å². The Bertz CT molecular complexity index is 389. The molecule has 0 spiro atoms. The summed E-state index contributed by atoms with van der Waals surface area (Å²) in [5.41, 5.74) is 3.49. The highest BCUT2D eigenvalue weighted by atomic mass is 16.3. The zero-order valence-electron chi connectivity index (χ0n) is 10.1. The number of rotatable bonds is 5. The fourth-order valence-corrected chi connectivity index (χ4v) is 2.22. The monoisotopic (exact) mass is 236 g/mol. The first-order valence-corrected chi connectivity index (χ1v) is 6.27. The van der Waals surface area contributed by atoms with Gasteiger partial charge in [-0.25, -0.2) is 0 Å². The van der Waals surface area contributed by atoms with Crippen LogP contribution >= 0.6 is 0 Å². The van der Waals surface area contributed by atoms with Crippen molar-refractivity contribution in [3.05, 3.63) is 34.9 Å². The molecule has 2 rings (SSSR count). The van der Waals surface area contributed by atoms with Crippen LogP contribution in [0.4, 0.5) is 0 Å². The molecule has 1 aromatic carbocycles. The van der Waals surface area contributed by atoms with Gasteiger partial charge in [-0.1, -0.05) is 25.1 Å². The van der Waals surface area contributed by atoms with E-state index in [1.165, 1.54) is 11.1 Å². The number of hydrogen-bond acceptors (Lipinski definition) is 3. The van der Waals surface area contributed by atoms with Crippen molar-refractivity contribution >= 4 is 0 Å². The topological polar surface area (TPSA) is 60.7 Å². The summed E-state index contributed by atoms with van der Waals surface area (Å²) >= 11 is 0. The molecule has 3 unspecified atom stereocenters. The summed E-state index contributed by atoms with van der Waals surface area (Å²) in [6.45, 7) is 1.81. The molecular weight excluding hydrogens is 216 g/mol. The second-order valence-corrected chi connectivity index (χ2v) is 4.82. The van der Waals surface area contributed by atoms with Crippen molar-refractivity contribution in [1.82, 2.24) is 0 Å². The molecule has 17 heavy (non-hydrogen) atoms. The van der Waals surface area contributed by atoms with Gasteiger partial charge >= 0.3 is 0 Å². The molecule has 3 nitrogen and oxygen atoms in total. The summed E-state index contributed by atoms with van der Waals surface area (Å²) in [4.78, 5) is 0. The van der Waals surface area contributed by atoms with Crippen molar-refractivity contribution in [3.8, 4) is 0 Å². The van der Waals surface area contributed by atoms with Gasteiger partial charge in [0, 0.05) is 6.42 Å². The third-order valence-electron chi connectivity index (χ3n) is 3.61. The predicted molar refractivity (Wildman–Crippen MR) is 65.7 cm³/mol. The molecule has 3 N–H and O–H groups in total. The van der Waals surface area contributed by atoms with Gasteiger partial charge in [-0.3, -0.25) is 0 Å². The van der Waals surface area contributed by atoms with Crippen molar-refractivity contribution in [2.24, 2.45) is 0 Å². The van der Waals surface area contributed by atoms with E-state index >= 15 is 0 Å². The quantitative estimate of drug-likeness (QED) is 0.723. The Balaban J connectivity index is 1.99. The molecule has 0 fully saturated rings. The Morgan fingerprint density at radius 3 is 2.29 bits per heavy atom. The zero-order valence-corrected chi connectivity index (χ0v) is 10.1. The van der Waals surface area contributed by atoms with Crippen LogP contribution in [0.3, 0.4) is 0 Å². The van der Waals surface area contributed by atoms with Gasteiger partial charge in [0.15, 0.2) is 0 Å². The second kappa shape index (κ2) is 5.17. The second-order valence-electron chi connectivity index (χ2n) is 4.82. The Morgan fingerprint density at radius 1 is 1.06 bits per heavy atom.